The first kappa shape index (κ1) is 12.8. The highest BCUT2D eigenvalue weighted by atomic mass is 16.7. The lowest BCUT2D eigenvalue weighted by Gasteiger charge is -2.15. The van der Waals surface area contributed by atoms with E-state index in [0.29, 0.717) is 0 Å². The van der Waals surface area contributed by atoms with Crippen molar-refractivity contribution in [2.24, 2.45) is 0 Å². The standard InChI is InChI=1S/C13H14O4/c1-2-9-16-13(17-10-8-12(14)15)11-6-4-3-5-7-11/h2-10,13H,1H3,(H,14,15). The van der Waals surface area contributed by atoms with E-state index < -0.39 is 12.3 Å². The summed E-state index contributed by atoms with van der Waals surface area (Å²) in [5, 5.41) is 8.45. The molecule has 0 aromatic heterocycles. The fourth-order valence-corrected chi connectivity index (χ4v) is 1.12. The van der Waals surface area contributed by atoms with E-state index in [-0.39, 0.29) is 0 Å². The van der Waals surface area contributed by atoms with Gasteiger partial charge < -0.3 is 14.6 Å². The van der Waals surface area contributed by atoms with Gasteiger partial charge in [-0.15, -0.1) is 0 Å². The minimum Gasteiger partial charge on any atom is -0.478 e. The molecule has 0 amide bonds. The summed E-state index contributed by atoms with van der Waals surface area (Å²) in [4.78, 5) is 10.3. The molecule has 1 aromatic carbocycles. The Morgan fingerprint density at radius 2 is 1.88 bits per heavy atom. The second-order valence-corrected chi connectivity index (χ2v) is 3.13. The van der Waals surface area contributed by atoms with Crippen LogP contribution in [0.15, 0.2) is 55.0 Å². The first-order chi connectivity index (χ1) is 8.24. The van der Waals surface area contributed by atoms with Crippen molar-refractivity contribution in [1.82, 2.24) is 0 Å². The number of aliphatic carboxylic acids is 1. The van der Waals surface area contributed by atoms with Crippen molar-refractivity contribution >= 4 is 5.97 Å². The molecular weight excluding hydrogens is 220 g/mol. The zero-order chi connectivity index (χ0) is 12.5. The topological polar surface area (TPSA) is 55.8 Å². The second-order valence-electron chi connectivity index (χ2n) is 3.13. The van der Waals surface area contributed by atoms with Crippen LogP contribution in [0.1, 0.15) is 18.8 Å². The number of hydrogen-bond donors (Lipinski definition) is 1. The molecule has 0 aliphatic rings. The van der Waals surface area contributed by atoms with Crippen LogP contribution in [0.5, 0.6) is 0 Å². The Hall–Kier alpha value is -2.23. The minimum atomic E-state index is -1.07. The van der Waals surface area contributed by atoms with Gasteiger partial charge in [0.25, 0.3) is 6.29 Å². The Bertz CT molecular complexity index is 395. The van der Waals surface area contributed by atoms with Gasteiger partial charge in [-0.05, 0) is 6.92 Å². The van der Waals surface area contributed by atoms with Crippen LogP contribution >= 0.6 is 0 Å². The molecular formula is C13H14O4. The summed E-state index contributed by atoms with van der Waals surface area (Å²) in [6, 6.07) is 9.26. The Balaban J connectivity index is 2.70. The summed E-state index contributed by atoms with van der Waals surface area (Å²) in [5.41, 5.74) is 0.806. The monoisotopic (exact) mass is 234 g/mol. The summed E-state index contributed by atoms with van der Waals surface area (Å²) >= 11 is 0. The molecule has 17 heavy (non-hydrogen) atoms. The molecule has 4 heteroatoms. The van der Waals surface area contributed by atoms with Crippen LogP contribution in [-0.2, 0) is 14.3 Å². The third kappa shape index (κ3) is 4.88. The third-order valence-corrected chi connectivity index (χ3v) is 1.82. The van der Waals surface area contributed by atoms with Crippen molar-refractivity contribution in [3.05, 3.63) is 60.6 Å². The summed E-state index contributed by atoms with van der Waals surface area (Å²) in [5.74, 6) is -1.07. The molecule has 0 radical (unpaired) electrons. The van der Waals surface area contributed by atoms with Crippen molar-refractivity contribution < 1.29 is 19.4 Å². The number of carbonyl (C=O) groups is 1. The lowest BCUT2D eigenvalue weighted by atomic mass is 10.2. The number of allylic oxidation sites excluding steroid dienone is 1. The molecule has 1 N–H and O–H groups in total. The van der Waals surface area contributed by atoms with E-state index in [2.05, 4.69) is 0 Å². The number of carboxylic acid groups (broad SMARTS) is 1. The highest BCUT2D eigenvalue weighted by Gasteiger charge is 2.09. The van der Waals surface area contributed by atoms with E-state index in [0.717, 1.165) is 17.9 Å². The zero-order valence-electron chi connectivity index (χ0n) is 9.45. The highest BCUT2D eigenvalue weighted by molar-refractivity contribution is 5.79. The molecule has 0 aliphatic heterocycles. The second kappa shape index (κ2) is 7.11. The predicted octanol–water partition coefficient (Wildman–Crippen LogP) is 2.85. The number of rotatable bonds is 6. The van der Waals surface area contributed by atoms with Gasteiger partial charge in [0.05, 0.1) is 18.6 Å². The molecule has 0 aliphatic carbocycles. The van der Waals surface area contributed by atoms with E-state index >= 15 is 0 Å². The normalized spacial score (nSPS) is 12.8. The third-order valence-electron chi connectivity index (χ3n) is 1.82. The lowest BCUT2D eigenvalue weighted by molar-refractivity contribution is -0.131. The van der Waals surface area contributed by atoms with Crippen LogP contribution in [0.25, 0.3) is 0 Å². The number of benzene rings is 1. The van der Waals surface area contributed by atoms with Gasteiger partial charge in [0.1, 0.15) is 0 Å². The number of ether oxygens (including phenoxy) is 2. The smallest absolute Gasteiger partial charge is 0.331 e. The quantitative estimate of drug-likeness (QED) is 0.467. The molecule has 0 spiro atoms. The first-order valence-electron chi connectivity index (χ1n) is 5.10. The maximum Gasteiger partial charge on any atom is 0.331 e. The molecule has 0 heterocycles. The fraction of sp³-hybridized carbons (Fsp3) is 0.154. The molecule has 90 valence electrons. The fourth-order valence-electron chi connectivity index (χ4n) is 1.12. The van der Waals surface area contributed by atoms with Crippen LogP contribution in [0.2, 0.25) is 0 Å². The van der Waals surface area contributed by atoms with Gasteiger partial charge >= 0.3 is 5.97 Å². The molecule has 0 bridgehead atoms. The zero-order valence-corrected chi connectivity index (χ0v) is 9.45. The van der Waals surface area contributed by atoms with E-state index in [9.17, 15) is 4.79 Å². The van der Waals surface area contributed by atoms with Crippen LogP contribution in [0, 0.1) is 0 Å². The van der Waals surface area contributed by atoms with Crippen LogP contribution in [0.3, 0.4) is 0 Å². The molecule has 0 saturated heterocycles. The van der Waals surface area contributed by atoms with Gasteiger partial charge in [0.15, 0.2) is 0 Å². The van der Waals surface area contributed by atoms with Gasteiger partial charge in [-0.2, -0.15) is 0 Å². The van der Waals surface area contributed by atoms with Crippen LogP contribution < -0.4 is 0 Å². The average molecular weight is 234 g/mol. The largest absolute Gasteiger partial charge is 0.478 e. The molecule has 0 saturated carbocycles. The lowest BCUT2D eigenvalue weighted by Crippen LogP contribution is -2.02. The summed E-state index contributed by atoms with van der Waals surface area (Å²) in [6.07, 6.45) is 4.58. The Labute approximate surface area is 99.8 Å². The molecule has 4 nitrogen and oxygen atoms in total. The Morgan fingerprint density at radius 3 is 2.47 bits per heavy atom. The van der Waals surface area contributed by atoms with Crippen molar-refractivity contribution in [1.29, 1.82) is 0 Å². The van der Waals surface area contributed by atoms with Crippen LogP contribution in [0.4, 0.5) is 0 Å². The summed E-state index contributed by atoms with van der Waals surface area (Å²) in [6.45, 7) is 1.81. The predicted molar refractivity (Wildman–Crippen MR) is 62.9 cm³/mol. The molecule has 0 fully saturated rings. The van der Waals surface area contributed by atoms with Crippen molar-refractivity contribution in [2.75, 3.05) is 0 Å². The first-order valence-corrected chi connectivity index (χ1v) is 5.10. The highest BCUT2D eigenvalue weighted by Crippen LogP contribution is 2.19. The van der Waals surface area contributed by atoms with Crippen molar-refractivity contribution in [3.63, 3.8) is 0 Å². The van der Waals surface area contributed by atoms with E-state index in [1.165, 1.54) is 6.26 Å². The van der Waals surface area contributed by atoms with Gasteiger partial charge in [-0.25, -0.2) is 4.79 Å². The van der Waals surface area contributed by atoms with Gasteiger partial charge in [-0.3, -0.25) is 0 Å². The molecule has 1 aromatic rings. The molecule has 1 rings (SSSR count). The Morgan fingerprint density at radius 1 is 1.24 bits per heavy atom. The summed E-state index contributed by atoms with van der Waals surface area (Å²) < 4.78 is 10.5. The van der Waals surface area contributed by atoms with Gasteiger partial charge in [0.2, 0.25) is 0 Å². The van der Waals surface area contributed by atoms with Crippen LogP contribution in [-0.4, -0.2) is 11.1 Å². The van der Waals surface area contributed by atoms with Crippen molar-refractivity contribution in [3.8, 4) is 0 Å². The molecule has 1 atom stereocenters. The van der Waals surface area contributed by atoms with Crippen molar-refractivity contribution in [2.45, 2.75) is 13.2 Å². The number of hydrogen-bond acceptors (Lipinski definition) is 3. The minimum absolute atomic E-state index is 0.650. The van der Waals surface area contributed by atoms with Gasteiger partial charge in [-0.1, -0.05) is 36.4 Å². The molecule has 1 unspecified atom stereocenters. The maximum absolute atomic E-state index is 10.3. The van der Waals surface area contributed by atoms with E-state index in [1.54, 1.807) is 6.08 Å². The SMILES string of the molecule is CC=COC(OC=CC(=O)O)c1ccccc1. The van der Waals surface area contributed by atoms with E-state index in [4.69, 9.17) is 14.6 Å². The Kier molecular flexibility index (Phi) is 5.37. The van der Waals surface area contributed by atoms with E-state index in [1.807, 2.05) is 37.3 Å². The average Bonchev–Trinajstić information content (AvgIpc) is 2.34. The van der Waals surface area contributed by atoms with Gasteiger partial charge in [0, 0.05) is 5.56 Å². The summed E-state index contributed by atoms with van der Waals surface area (Å²) in [7, 11) is 0. The maximum atomic E-state index is 10.3. The number of carboxylic acids is 1.